The van der Waals surface area contributed by atoms with E-state index in [4.69, 9.17) is 4.74 Å². The monoisotopic (exact) mass is 366 g/mol. The summed E-state index contributed by atoms with van der Waals surface area (Å²) in [5.41, 5.74) is 0.495. The number of sulfone groups is 1. The van der Waals surface area contributed by atoms with Crippen molar-refractivity contribution in [3.8, 4) is 0 Å². The van der Waals surface area contributed by atoms with Gasteiger partial charge in [0, 0.05) is 12.8 Å². The fourth-order valence-electron chi connectivity index (χ4n) is 2.22. The first-order chi connectivity index (χ1) is 10.3. The molecule has 9 heteroatoms. The van der Waals surface area contributed by atoms with Crippen LogP contribution in [0.1, 0.15) is 18.5 Å². The topological polar surface area (TPSA) is 84.5 Å². The zero-order valence-electron chi connectivity index (χ0n) is 12.8. The molecule has 0 bridgehead atoms. The summed E-state index contributed by atoms with van der Waals surface area (Å²) in [6.07, 6.45) is 0.949. The molecule has 1 saturated heterocycles. The van der Waals surface area contributed by atoms with Crippen LogP contribution in [0.5, 0.6) is 0 Å². The number of hydrogen-bond acceptors (Lipinski definition) is 5. The third kappa shape index (κ3) is 5.13. The first kappa shape index (κ1) is 19.8. The SMILES string of the molecule is CC(NC(=O)C1COCCN1)c1ccc(S(C)(=O)=O)c(F)c1.Cl. The van der Waals surface area contributed by atoms with Crippen LogP contribution in [0.3, 0.4) is 0 Å². The van der Waals surface area contributed by atoms with Crippen molar-refractivity contribution in [2.24, 2.45) is 0 Å². The summed E-state index contributed by atoms with van der Waals surface area (Å²) in [4.78, 5) is 11.7. The molecule has 1 aliphatic rings. The summed E-state index contributed by atoms with van der Waals surface area (Å²) < 4.78 is 41.9. The maximum atomic E-state index is 13.9. The highest BCUT2D eigenvalue weighted by atomic mass is 35.5. The first-order valence-electron chi connectivity index (χ1n) is 6.90. The number of hydrogen-bond donors (Lipinski definition) is 2. The van der Waals surface area contributed by atoms with E-state index in [9.17, 15) is 17.6 Å². The number of rotatable bonds is 4. The van der Waals surface area contributed by atoms with Crippen molar-refractivity contribution in [3.63, 3.8) is 0 Å². The standard InChI is InChI=1S/C14H19FN2O4S.ClH/c1-9(17-14(18)12-8-21-6-5-16-12)10-3-4-13(11(15)7-10)22(2,19)20;/h3-4,7,9,12,16H,5-6,8H2,1-2H3,(H,17,18);1H. The molecule has 0 spiro atoms. The lowest BCUT2D eigenvalue weighted by Crippen LogP contribution is -2.51. The quantitative estimate of drug-likeness (QED) is 0.824. The third-order valence-corrected chi connectivity index (χ3v) is 4.58. The lowest BCUT2D eigenvalue weighted by atomic mass is 10.1. The molecule has 23 heavy (non-hydrogen) atoms. The van der Waals surface area contributed by atoms with Crippen LogP contribution < -0.4 is 10.6 Å². The predicted octanol–water partition coefficient (Wildman–Crippen LogP) is 0.817. The highest BCUT2D eigenvalue weighted by Gasteiger charge is 2.23. The zero-order chi connectivity index (χ0) is 16.3. The second kappa shape index (κ2) is 8.05. The molecule has 1 aromatic rings. The van der Waals surface area contributed by atoms with Gasteiger partial charge in [-0.15, -0.1) is 12.4 Å². The Labute approximate surface area is 141 Å². The molecule has 1 heterocycles. The molecule has 2 unspecified atom stereocenters. The minimum Gasteiger partial charge on any atom is -0.378 e. The molecule has 1 fully saturated rings. The van der Waals surface area contributed by atoms with E-state index in [1.54, 1.807) is 6.92 Å². The number of carbonyl (C=O) groups is 1. The third-order valence-electron chi connectivity index (χ3n) is 3.45. The van der Waals surface area contributed by atoms with Crippen molar-refractivity contribution in [1.82, 2.24) is 10.6 Å². The van der Waals surface area contributed by atoms with Crippen LogP contribution in [0.2, 0.25) is 0 Å². The molecule has 1 amide bonds. The number of amides is 1. The summed E-state index contributed by atoms with van der Waals surface area (Å²) in [7, 11) is -3.61. The molecule has 2 N–H and O–H groups in total. The molecule has 0 aliphatic carbocycles. The van der Waals surface area contributed by atoms with E-state index in [1.165, 1.54) is 12.1 Å². The highest BCUT2D eigenvalue weighted by molar-refractivity contribution is 7.90. The van der Waals surface area contributed by atoms with Crippen LogP contribution in [0.4, 0.5) is 4.39 Å². The van der Waals surface area contributed by atoms with Gasteiger partial charge >= 0.3 is 0 Å². The van der Waals surface area contributed by atoms with Crippen LogP contribution >= 0.6 is 12.4 Å². The van der Waals surface area contributed by atoms with Crippen LogP contribution in [-0.2, 0) is 19.4 Å². The van der Waals surface area contributed by atoms with E-state index in [0.29, 0.717) is 25.3 Å². The van der Waals surface area contributed by atoms with E-state index in [2.05, 4.69) is 10.6 Å². The first-order valence-corrected chi connectivity index (χ1v) is 8.79. The number of halogens is 2. The van der Waals surface area contributed by atoms with Gasteiger partial charge in [0.25, 0.3) is 0 Å². The molecule has 2 rings (SSSR count). The molecule has 1 aromatic carbocycles. The van der Waals surface area contributed by atoms with Crippen LogP contribution in [-0.4, -0.2) is 46.4 Å². The fourth-order valence-corrected chi connectivity index (χ4v) is 2.95. The largest absolute Gasteiger partial charge is 0.378 e. The van der Waals surface area contributed by atoms with Gasteiger partial charge in [-0.3, -0.25) is 4.79 Å². The Balaban J connectivity index is 0.00000264. The van der Waals surface area contributed by atoms with Gasteiger partial charge in [0.1, 0.15) is 16.8 Å². The van der Waals surface area contributed by atoms with E-state index in [1.807, 2.05) is 0 Å². The van der Waals surface area contributed by atoms with Crippen LogP contribution in [0, 0.1) is 5.82 Å². The van der Waals surface area contributed by atoms with Gasteiger partial charge in [0.15, 0.2) is 9.84 Å². The van der Waals surface area contributed by atoms with E-state index < -0.39 is 27.7 Å². The summed E-state index contributed by atoms with van der Waals surface area (Å²) in [5, 5.41) is 5.78. The van der Waals surface area contributed by atoms with Crippen molar-refractivity contribution in [3.05, 3.63) is 29.6 Å². The molecular formula is C14H20ClFN2O4S. The van der Waals surface area contributed by atoms with Gasteiger partial charge in [0.2, 0.25) is 5.91 Å². The van der Waals surface area contributed by atoms with Gasteiger partial charge in [-0.25, -0.2) is 12.8 Å². The van der Waals surface area contributed by atoms with Gasteiger partial charge in [0.05, 0.1) is 19.3 Å². The Hall–Kier alpha value is -1.22. The summed E-state index contributed by atoms with van der Waals surface area (Å²) in [6, 6.07) is 2.96. The minimum atomic E-state index is -3.61. The summed E-state index contributed by atoms with van der Waals surface area (Å²) in [6.45, 7) is 3.16. The Kier molecular flexibility index (Phi) is 6.94. The van der Waals surface area contributed by atoms with Crippen molar-refractivity contribution < 1.29 is 22.3 Å². The molecular weight excluding hydrogens is 347 g/mol. The highest BCUT2D eigenvalue weighted by Crippen LogP contribution is 2.20. The molecule has 1 aliphatic heterocycles. The normalized spacial score (nSPS) is 19.5. The second-order valence-corrected chi connectivity index (χ2v) is 7.26. The van der Waals surface area contributed by atoms with Crippen molar-refractivity contribution in [2.75, 3.05) is 26.0 Å². The Bertz CT molecular complexity index is 663. The maximum absolute atomic E-state index is 13.9. The number of carbonyl (C=O) groups excluding carboxylic acids is 1. The number of ether oxygens (including phenoxy) is 1. The van der Waals surface area contributed by atoms with Gasteiger partial charge in [-0.1, -0.05) is 6.07 Å². The average molecular weight is 367 g/mol. The Morgan fingerprint density at radius 2 is 2.17 bits per heavy atom. The zero-order valence-corrected chi connectivity index (χ0v) is 14.5. The van der Waals surface area contributed by atoms with E-state index in [0.717, 1.165) is 12.3 Å². The lowest BCUT2D eigenvalue weighted by Gasteiger charge is -2.25. The predicted molar refractivity (Wildman–Crippen MR) is 85.9 cm³/mol. The summed E-state index contributed by atoms with van der Waals surface area (Å²) >= 11 is 0. The van der Waals surface area contributed by atoms with Crippen molar-refractivity contribution in [2.45, 2.75) is 23.9 Å². The molecule has 0 saturated carbocycles. The van der Waals surface area contributed by atoms with Crippen molar-refractivity contribution >= 4 is 28.2 Å². The maximum Gasteiger partial charge on any atom is 0.240 e. The fraction of sp³-hybridized carbons (Fsp3) is 0.500. The van der Waals surface area contributed by atoms with Crippen LogP contribution in [0.25, 0.3) is 0 Å². The van der Waals surface area contributed by atoms with Crippen molar-refractivity contribution in [1.29, 1.82) is 0 Å². The minimum absolute atomic E-state index is 0. The second-order valence-electron chi connectivity index (χ2n) is 5.27. The number of nitrogens with one attached hydrogen (secondary N) is 2. The molecule has 2 atom stereocenters. The molecule has 0 aromatic heterocycles. The molecule has 130 valence electrons. The number of morpholine rings is 1. The van der Waals surface area contributed by atoms with Gasteiger partial charge in [-0.05, 0) is 24.6 Å². The van der Waals surface area contributed by atoms with Gasteiger partial charge in [-0.2, -0.15) is 0 Å². The molecule has 0 radical (unpaired) electrons. The van der Waals surface area contributed by atoms with Gasteiger partial charge < -0.3 is 15.4 Å². The van der Waals surface area contributed by atoms with E-state index >= 15 is 0 Å². The summed E-state index contributed by atoms with van der Waals surface area (Å²) in [5.74, 6) is -1.06. The lowest BCUT2D eigenvalue weighted by molar-refractivity contribution is -0.126. The average Bonchev–Trinajstić information content (AvgIpc) is 2.46. The van der Waals surface area contributed by atoms with E-state index in [-0.39, 0.29) is 23.2 Å². The molecule has 6 nitrogen and oxygen atoms in total. The number of benzene rings is 1. The Morgan fingerprint density at radius 3 is 2.70 bits per heavy atom. The Morgan fingerprint density at radius 1 is 1.48 bits per heavy atom. The smallest absolute Gasteiger partial charge is 0.240 e. The van der Waals surface area contributed by atoms with Crippen LogP contribution in [0.15, 0.2) is 23.1 Å².